The smallest absolute Gasteiger partial charge is 0.134 e. The molecule has 1 aliphatic carbocycles. The Balaban J connectivity index is 1.43. The third-order valence-electron chi connectivity index (χ3n) is 5.58. The molecule has 0 unspecified atom stereocenters. The minimum Gasteiger partial charge on any atom is -0.461 e. The molecule has 1 aromatic carbocycles. The summed E-state index contributed by atoms with van der Waals surface area (Å²) in [5, 5.41) is 1.27. The molecule has 0 bridgehead atoms. The monoisotopic (exact) mass is 323 g/mol. The van der Waals surface area contributed by atoms with Crippen LogP contribution in [0.5, 0.6) is 0 Å². The summed E-state index contributed by atoms with van der Waals surface area (Å²) in [4.78, 5) is 2.58. The number of rotatable bonds is 5. The molecule has 2 aromatic rings. The van der Waals surface area contributed by atoms with E-state index in [1.807, 2.05) is 0 Å². The van der Waals surface area contributed by atoms with E-state index in [0.717, 1.165) is 17.8 Å². The lowest BCUT2D eigenvalue weighted by atomic mass is 10.00. The molecule has 2 heterocycles. The van der Waals surface area contributed by atoms with Crippen LogP contribution in [0.15, 0.2) is 34.8 Å². The maximum Gasteiger partial charge on any atom is 0.134 e. The number of likely N-dealkylation sites (tertiary alicyclic amines) is 1. The van der Waals surface area contributed by atoms with Gasteiger partial charge in [0, 0.05) is 11.8 Å². The molecule has 2 nitrogen and oxygen atoms in total. The van der Waals surface area contributed by atoms with E-state index in [4.69, 9.17) is 4.42 Å². The van der Waals surface area contributed by atoms with Gasteiger partial charge in [0.25, 0.3) is 0 Å². The predicted molar refractivity (Wildman–Crippen MR) is 101 cm³/mol. The third kappa shape index (κ3) is 3.75. The molecule has 0 atom stereocenters. The number of furan rings is 1. The van der Waals surface area contributed by atoms with Crippen molar-refractivity contribution < 1.29 is 4.42 Å². The summed E-state index contributed by atoms with van der Waals surface area (Å²) in [5.41, 5.74) is 3.98. The molecule has 4 rings (SSSR count). The number of hydrogen-bond acceptors (Lipinski definition) is 2. The van der Waals surface area contributed by atoms with Crippen LogP contribution >= 0.6 is 0 Å². The van der Waals surface area contributed by atoms with E-state index in [-0.39, 0.29) is 0 Å². The number of aryl methyl sites for hydroxylation is 1. The van der Waals surface area contributed by atoms with E-state index >= 15 is 0 Å². The third-order valence-corrected chi connectivity index (χ3v) is 5.58. The molecule has 0 radical (unpaired) electrons. The summed E-state index contributed by atoms with van der Waals surface area (Å²) in [5.74, 6) is 1.15. The van der Waals surface area contributed by atoms with Crippen molar-refractivity contribution in [1.29, 1.82) is 0 Å². The minimum atomic E-state index is 1.05. The van der Waals surface area contributed by atoms with Crippen molar-refractivity contribution in [2.45, 2.75) is 57.8 Å². The summed E-state index contributed by atoms with van der Waals surface area (Å²) in [6.45, 7) is 3.80. The van der Waals surface area contributed by atoms with Gasteiger partial charge in [0.2, 0.25) is 0 Å². The molecule has 1 fully saturated rings. The molecule has 0 saturated carbocycles. The SMILES string of the molecule is C1=C(c2ccc3oc(CCCN4CCCC4)cc3c2)CCCCC1. The Morgan fingerprint density at radius 1 is 0.958 bits per heavy atom. The van der Waals surface area contributed by atoms with Crippen molar-refractivity contribution >= 4 is 16.5 Å². The molecule has 1 saturated heterocycles. The van der Waals surface area contributed by atoms with E-state index in [1.54, 1.807) is 0 Å². The molecule has 128 valence electrons. The summed E-state index contributed by atoms with van der Waals surface area (Å²) in [6, 6.07) is 9.01. The number of hydrogen-bond donors (Lipinski definition) is 0. The van der Waals surface area contributed by atoms with Gasteiger partial charge < -0.3 is 9.32 Å². The van der Waals surface area contributed by atoms with Crippen LogP contribution in [0.2, 0.25) is 0 Å². The predicted octanol–water partition coefficient (Wildman–Crippen LogP) is 5.81. The van der Waals surface area contributed by atoms with Gasteiger partial charge in [-0.25, -0.2) is 0 Å². The van der Waals surface area contributed by atoms with Gasteiger partial charge in [0.15, 0.2) is 0 Å². The van der Waals surface area contributed by atoms with E-state index in [9.17, 15) is 0 Å². The lowest BCUT2D eigenvalue weighted by Crippen LogP contribution is -2.20. The molecular formula is C22H29NO. The lowest BCUT2D eigenvalue weighted by molar-refractivity contribution is 0.330. The molecular weight excluding hydrogens is 294 g/mol. The Labute approximate surface area is 145 Å². The quantitative estimate of drug-likeness (QED) is 0.690. The van der Waals surface area contributed by atoms with Crippen LogP contribution in [0.25, 0.3) is 16.5 Å². The maximum absolute atomic E-state index is 6.06. The minimum absolute atomic E-state index is 1.05. The summed E-state index contributed by atoms with van der Waals surface area (Å²) >= 11 is 0. The first-order valence-corrected chi connectivity index (χ1v) is 9.83. The molecule has 2 heteroatoms. The van der Waals surface area contributed by atoms with Crippen LogP contribution in [0.3, 0.4) is 0 Å². The van der Waals surface area contributed by atoms with Crippen molar-refractivity contribution in [1.82, 2.24) is 4.90 Å². The highest BCUT2D eigenvalue weighted by Crippen LogP contribution is 2.29. The first-order valence-electron chi connectivity index (χ1n) is 9.83. The highest BCUT2D eigenvalue weighted by atomic mass is 16.3. The van der Waals surface area contributed by atoms with Crippen LogP contribution < -0.4 is 0 Å². The number of fused-ring (bicyclic) bond motifs is 1. The Morgan fingerprint density at radius 3 is 2.79 bits per heavy atom. The fourth-order valence-corrected chi connectivity index (χ4v) is 4.18. The topological polar surface area (TPSA) is 16.4 Å². The Hall–Kier alpha value is -1.54. The zero-order valence-electron chi connectivity index (χ0n) is 14.7. The Bertz CT molecular complexity index is 706. The summed E-state index contributed by atoms with van der Waals surface area (Å²) < 4.78 is 6.06. The van der Waals surface area contributed by atoms with Crippen molar-refractivity contribution in [3.8, 4) is 0 Å². The van der Waals surface area contributed by atoms with Crippen LogP contribution in [-0.2, 0) is 6.42 Å². The van der Waals surface area contributed by atoms with Crippen LogP contribution in [0, 0.1) is 0 Å². The lowest BCUT2D eigenvalue weighted by Gasteiger charge is -2.13. The fraction of sp³-hybridized carbons (Fsp3) is 0.545. The normalized spacial score (nSPS) is 19.6. The van der Waals surface area contributed by atoms with Gasteiger partial charge >= 0.3 is 0 Å². The van der Waals surface area contributed by atoms with Crippen LogP contribution in [-0.4, -0.2) is 24.5 Å². The number of benzene rings is 1. The van der Waals surface area contributed by atoms with Crippen molar-refractivity contribution in [3.63, 3.8) is 0 Å². The second kappa shape index (κ2) is 7.57. The average molecular weight is 323 g/mol. The Kier molecular flexibility index (Phi) is 5.03. The number of nitrogens with zero attached hydrogens (tertiary/aromatic N) is 1. The van der Waals surface area contributed by atoms with Crippen LogP contribution in [0.1, 0.15) is 62.7 Å². The standard InChI is InChI=1S/C22H29NO/c1-2-4-9-18(8-3-1)19-11-12-22-20(16-19)17-21(24-22)10-7-15-23-13-5-6-14-23/h8,11-12,16-17H,1-7,9-10,13-15H2. The summed E-state index contributed by atoms with van der Waals surface area (Å²) in [6.07, 6.45) is 14.0. The van der Waals surface area contributed by atoms with Gasteiger partial charge in [0.05, 0.1) is 0 Å². The molecule has 1 aliphatic heterocycles. The van der Waals surface area contributed by atoms with Gasteiger partial charge in [-0.3, -0.25) is 0 Å². The second-order valence-corrected chi connectivity index (χ2v) is 7.45. The van der Waals surface area contributed by atoms with E-state index < -0.39 is 0 Å². The van der Waals surface area contributed by atoms with E-state index in [2.05, 4.69) is 35.2 Å². The van der Waals surface area contributed by atoms with Crippen LogP contribution in [0.4, 0.5) is 0 Å². The molecule has 0 amide bonds. The van der Waals surface area contributed by atoms with E-state index in [1.165, 1.54) is 87.5 Å². The molecule has 1 aromatic heterocycles. The van der Waals surface area contributed by atoms with Gasteiger partial charge in [-0.15, -0.1) is 0 Å². The zero-order valence-corrected chi connectivity index (χ0v) is 14.7. The van der Waals surface area contributed by atoms with Gasteiger partial charge in [-0.2, -0.15) is 0 Å². The second-order valence-electron chi connectivity index (χ2n) is 7.45. The van der Waals surface area contributed by atoms with Gasteiger partial charge in [-0.1, -0.05) is 18.6 Å². The first-order chi connectivity index (χ1) is 11.9. The average Bonchev–Trinajstić information content (AvgIpc) is 3.17. The van der Waals surface area contributed by atoms with Crippen molar-refractivity contribution in [2.75, 3.05) is 19.6 Å². The largest absolute Gasteiger partial charge is 0.461 e. The highest BCUT2D eigenvalue weighted by Gasteiger charge is 2.12. The highest BCUT2D eigenvalue weighted by molar-refractivity contribution is 5.83. The molecule has 0 N–H and O–H groups in total. The van der Waals surface area contributed by atoms with Gasteiger partial charge in [0.1, 0.15) is 11.3 Å². The molecule has 2 aliphatic rings. The number of allylic oxidation sites excluding steroid dienone is 2. The first kappa shape index (κ1) is 16.0. The van der Waals surface area contributed by atoms with Crippen molar-refractivity contribution in [3.05, 3.63) is 41.7 Å². The fourth-order valence-electron chi connectivity index (χ4n) is 4.18. The summed E-state index contributed by atoms with van der Waals surface area (Å²) in [7, 11) is 0. The molecule has 24 heavy (non-hydrogen) atoms. The van der Waals surface area contributed by atoms with E-state index in [0.29, 0.717) is 0 Å². The zero-order chi connectivity index (χ0) is 16.2. The maximum atomic E-state index is 6.06. The Morgan fingerprint density at radius 2 is 1.88 bits per heavy atom. The van der Waals surface area contributed by atoms with Crippen molar-refractivity contribution in [2.24, 2.45) is 0 Å². The van der Waals surface area contributed by atoms with Gasteiger partial charge in [-0.05, 0) is 93.9 Å². The molecule has 0 spiro atoms.